The van der Waals surface area contributed by atoms with Crippen LogP contribution in [0.5, 0.6) is 0 Å². The van der Waals surface area contributed by atoms with Crippen molar-refractivity contribution in [3.63, 3.8) is 0 Å². The lowest BCUT2D eigenvalue weighted by Crippen LogP contribution is -2.17. The SMILES string of the molecule is CCCCn1c(S[C@H](C)c2nc(C(C)(C)C)no2)n[nH]c1=O. The molecule has 0 aliphatic heterocycles. The zero-order valence-electron chi connectivity index (χ0n) is 13.7. The molecule has 0 aromatic carbocycles. The smallest absolute Gasteiger partial charge is 0.338 e. The first-order valence-electron chi connectivity index (χ1n) is 7.49. The highest BCUT2D eigenvalue weighted by Crippen LogP contribution is 2.33. The monoisotopic (exact) mass is 325 g/mol. The Balaban J connectivity index is 2.14. The molecule has 2 aromatic heterocycles. The fourth-order valence-electron chi connectivity index (χ4n) is 1.82. The average Bonchev–Trinajstić information content (AvgIpc) is 3.04. The molecule has 7 nitrogen and oxygen atoms in total. The van der Waals surface area contributed by atoms with Crippen LogP contribution in [0, 0.1) is 0 Å². The van der Waals surface area contributed by atoms with Crippen LogP contribution in [-0.4, -0.2) is 24.9 Å². The molecule has 0 amide bonds. The number of nitrogens with zero attached hydrogens (tertiary/aromatic N) is 4. The van der Waals surface area contributed by atoms with Crippen molar-refractivity contribution in [2.24, 2.45) is 0 Å². The van der Waals surface area contributed by atoms with Gasteiger partial charge < -0.3 is 4.52 Å². The molecule has 22 heavy (non-hydrogen) atoms. The summed E-state index contributed by atoms with van der Waals surface area (Å²) in [5, 5.41) is 11.2. The van der Waals surface area contributed by atoms with E-state index in [9.17, 15) is 4.79 Å². The molecule has 0 fully saturated rings. The molecule has 1 atom stereocenters. The molecule has 0 spiro atoms. The number of hydrogen-bond acceptors (Lipinski definition) is 6. The molecular weight excluding hydrogens is 302 g/mol. The number of hydrogen-bond donors (Lipinski definition) is 1. The second kappa shape index (κ2) is 6.68. The van der Waals surface area contributed by atoms with Crippen LogP contribution < -0.4 is 5.69 Å². The zero-order chi connectivity index (χ0) is 16.3. The van der Waals surface area contributed by atoms with Crippen LogP contribution in [-0.2, 0) is 12.0 Å². The van der Waals surface area contributed by atoms with E-state index in [1.165, 1.54) is 11.8 Å². The lowest BCUT2D eigenvalue weighted by molar-refractivity contribution is 0.364. The molecule has 0 saturated carbocycles. The fraction of sp³-hybridized carbons (Fsp3) is 0.714. The summed E-state index contributed by atoms with van der Waals surface area (Å²) in [4.78, 5) is 16.2. The van der Waals surface area contributed by atoms with E-state index in [2.05, 4.69) is 27.3 Å². The van der Waals surface area contributed by atoms with Gasteiger partial charge in [-0.3, -0.25) is 4.57 Å². The van der Waals surface area contributed by atoms with Gasteiger partial charge in [-0.05, 0) is 13.3 Å². The summed E-state index contributed by atoms with van der Waals surface area (Å²) >= 11 is 1.44. The number of thioether (sulfide) groups is 1. The molecule has 2 rings (SSSR count). The minimum Gasteiger partial charge on any atom is -0.338 e. The van der Waals surface area contributed by atoms with Crippen molar-refractivity contribution >= 4 is 11.8 Å². The van der Waals surface area contributed by atoms with Gasteiger partial charge in [0.05, 0.1) is 5.25 Å². The first-order chi connectivity index (χ1) is 10.3. The average molecular weight is 325 g/mol. The van der Waals surface area contributed by atoms with Crippen LogP contribution in [0.25, 0.3) is 0 Å². The van der Waals surface area contributed by atoms with E-state index in [1.54, 1.807) is 4.57 Å². The topological polar surface area (TPSA) is 89.6 Å². The largest absolute Gasteiger partial charge is 0.343 e. The standard InChI is InChI=1S/C14H23N5O2S/c1-6-7-8-19-12(20)16-17-13(19)22-9(2)10-15-11(18-21-10)14(3,4)5/h9H,6-8H2,1-5H3,(H,16,20)/t9-/m1/s1. The third kappa shape index (κ3) is 3.79. The van der Waals surface area contributed by atoms with Crippen molar-refractivity contribution in [2.45, 2.75) is 69.8 Å². The Hall–Kier alpha value is -1.57. The fourth-order valence-corrected chi connectivity index (χ4v) is 2.73. The normalized spacial score (nSPS) is 13.5. The lowest BCUT2D eigenvalue weighted by Gasteiger charge is -2.11. The lowest BCUT2D eigenvalue weighted by atomic mass is 9.96. The molecule has 0 saturated heterocycles. The van der Waals surface area contributed by atoms with Gasteiger partial charge in [0.1, 0.15) is 0 Å². The van der Waals surface area contributed by atoms with Crippen LogP contribution in [0.15, 0.2) is 14.5 Å². The van der Waals surface area contributed by atoms with Gasteiger partial charge in [0, 0.05) is 12.0 Å². The first-order valence-corrected chi connectivity index (χ1v) is 8.36. The molecule has 1 N–H and O–H groups in total. The second-order valence-corrected chi connectivity index (χ2v) is 7.59. The van der Waals surface area contributed by atoms with Crippen molar-refractivity contribution in [3.8, 4) is 0 Å². The Morgan fingerprint density at radius 2 is 2.14 bits per heavy atom. The number of unbranched alkanes of at least 4 members (excludes halogenated alkanes) is 1. The van der Waals surface area contributed by atoms with Gasteiger partial charge in [-0.15, -0.1) is 5.10 Å². The Morgan fingerprint density at radius 3 is 2.73 bits per heavy atom. The van der Waals surface area contributed by atoms with Gasteiger partial charge >= 0.3 is 5.69 Å². The predicted molar refractivity (Wildman–Crippen MR) is 85.0 cm³/mol. The van der Waals surface area contributed by atoms with Crippen LogP contribution in [0.4, 0.5) is 0 Å². The summed E-state index contributed by atoms with van der Waals surface area (Å²) in [6.07, 6.45) is 1.96. The van der Waals surface area contributed by atoms with E-state index < -0.39 is 0 Å². The third-order valence-electron chi connectivity index (χ3n) is 3.20. The van der Waals surface area contributed by atoms with Gasteiger partial charge in [0.25, 0.3) is 0 Å². The van der Waals surface area contributed by atoms with Crippen molar-refractivity contribution in [3.05, 3.63) is 22.2 Å². The molecule has 0 bridgehead atoms. The summed E-state index contributed by atoms with van der Waals surface area (Å²) in [7, 11) is 0. The molecule has 8 heteroatoms. The van der Waals surface area contributed by atoms with Crippen molar-refractivity contribution < 1.29 is 4.52 Å². The quantitative estimate of drug-likeness (QED) is 0.821. The number of rotatable bonds is 6. The minimum absolute atomic E-state index is 0.0702. The Morgan fingerprint density at radius 1 is 1.41 bits per heavy atom. The van der Waals surface area contributed by atoms with Crippen LogP contribution in [0.2, 0.25) is 0 Å². The molecular formula is C14H23N5O2S. The van der Waals surface area contributed by atoms with Crippen LogP contribution >= 0.6 is 11.8 Å². The maximum Gasteiger partial charge on any atom is 0.343 e. The summed E-state index contributed by atoms with van der Waals surface area (Å²) < 4.78 is 7.00. The Kier molecular flexibility index (Phi) is 5.10. The van der Waals surface area contributed by atoms with Gasteiger partial charge in [0.2, 0.25) is 5.89 Å². The first kappa shape index (κ1) is 16.8. The van der Waals surface area contributed by atoms with E-state index in [4.69, 9.17) is 4.52 Å². The maximum atomic E-state index is 11.8. The van der Waals surface area contributed by atoms with E-state index in [0.717, 1.165) is 12.8 Å². The van der Waals surface area contributed by atoms with Gasteiger partial charge in [0.15, 0.2) is 11.0 Å². The molecule has 0 aliphatic carbocycles. The van der Waals surface area contributed by atoms with Crippen LogP contribution in [0.1, 0.15) is 64.4 Å². The highest BCUT2D eigenvalue weighted by Gasteiger charge is 2.24. The third-order valence-corrected chi connectivity index (χ3v) is 4.28. The predicted octanol–water partition coefficient (Wildman–Crippen LogP) is 2.91. The van der Waals surface area contributed by atoms with E-state index in [1.807, 2.05) is 27.7 Å². The Bertz CT molecular complexity index is 667. The molecule has 122 valence electrons. The molecule has 0 aliphatic rings. The highest BCUT2D eigenvalue weighted by molar-refractivity contribution is 7.99. The second-order valence-electron chi connectivity index (χ2n) is 6.28. The zero-order valence-corrected chi connectivity index (χ0v) is 14.5. The van der Waals surface area contributed by atoms with Crippen molar-refractivity contribution in [2.75, 3.05) is 0 Å². The van der Waals surface area contributed by atoms with E-state index in [0.29, 0.717) is 23.4 Å². The molecule has 0 radical (unpaired) electrons. The molecule has 2 aromatic rings. The van der Waals surface area contributed by atoms with Crippen molar-refractivity contribution in [1.29, 1.82) is 0 Å². The number of nitrogens with one attached hydrogen (secondary N) is 1. The molecule has 0 unspecified atom stereocenters. The van der Waals surface area contributed by atoms with Crippen LogP contribution in [0.3, 0.4) is 0 Å². The summed E-state index contributed by atoms with van der Waals surface area (Å²) in [6.45, 7) is 10.8. The van der Waals surface area contributed by atoms with Gasteiger partial charge in [-0.2, -0.15) is 4.98 Å². The number of aromatic amines is 1. The van der Waals surface area contributed by atoms with Gasteiger partial charge in [-0.25, -0.2) is 9.89 Å². The van der Waals surface area contributed by atoms with E-state index in [-0.39, 0.29) is 16.4 Å². The van der Waals surface area contributed by atoms with Gasteiger partial charge in [-0.1, -0.05) is 51.0 Å². The summed E-state index contributed by atoms with van der Waals surface area (Å²) in [5.41, 5.74) is -0.328. The maximum absolute atomic E-state index is 11.8. The van der Waals surface area contributed by atoms with E-state index >= 15 is 0 Å². The number of H-pyrrole nitrogens is 1. The number of aromatic nitrogens is 5. The minimum atomic E-state index is -0.177. The highest BCUT2D eigenvalue weighted by atomic mass is 32.2. The Labute approximate surface area is 133 Å². The molecule has 2 heterocycles. The van der Waals surface area contributed by atoms with Crippen molar-refractivity contribution in [1.82, 2.24) is 24.9 Å². The summed E-state index contributed by atoms with van der Waals surface area (Å²) in [5.74, 6) is 1.23. The summed E-state index contributed by atoms with van der Waals surface area (Å²) in [6, 6.07) is 0.